The van der Waals surface area contributed by atoms with Crippen LogP contribution in [0.4, 0.5) is 5.69 Å². The Labute approximate surface area is 212 Å². The number of para-hydroxylation sites is 1. The zero-order valence-electron chi connectivity index (χ0n) is 21.2. The van der Waals surface area contributed by atoms with Gasteiger partial charge in [0.05, 0.1) is 10.1 Å². The predicted molar refractivity (Wildman–Crippen MR) is 146 cm³/mol. The highest BCUT2D eigenvalue weighted by atomic mass is 32.2. The van der Waals surface area contributed by atoms with E-state index in [1.165, 1.54) is 36.9 Å². The maximum atomic E-state index is 10.7. The first-order valence-electron chi connectivity index (χ1n) is 12.7. The van der Waals surface area contributed by atoms with Crippen LogP contribution in [0.3, 0.4) is 0 Å². The molecule has 2 aromatic rings. The first-order valence-corrected chi connectivity index (χ1v) is 14.2. The Bertz CT molecular complexity index is 1070. The lowest BCUT2D eigenvalue weighted by Crippen LogP contribution is -2.32. The monoisotopic (exact) mass is 496 g/mol. The SMILES string of the molecule is C=C/C(=C\C=C\c1cc[n+](CCCCS(=O)(=O)[O-])cc1)c1ccccc1N(CCCC)CCCC. The second kappa shape index (κ2) is 15.3. The molecule has 0 N–H and O–H groups in total. The summed E-state index contributed by atoms with van der Waals surface area (Å²) < 4.78 is 34.1. The number of allylic oxidation sites excluding steroid dienone is 4. The highest BCUT2D eigenvalue weighted by molar-refractivity contribution is 7.85. The number of nitrogens with zero attached hydrogens (tertiary/aromatic N) is 2. The van der Waals surface area contributed by atoms with Gasteiger partial charge in [-0.15, -0.1) is 0 Å². The third kappa shape index (κ3) is 10.6. The molecular formula is C29H40N2O3S. The fraction of sp³-hybridized carbons (Fsp3) is 0.414. The van der Waals surface area contributed by atoms with Gasteiger partial charge in [0, 0.05) is 48.6 Å². The van der Waals surface area contributed by atoms with Crippen LogP contribution in [0, 0.1) is 0 Å². The molecule has 0 fully saturated rings. The second-order valence-corrected chi connectivity index (χ2v) is 10.3. The molecule has 1 heterocycles. The molecule has 0 aliphatic carbocycles. The third-order valence-electron chi connectivity index (χ3n) is 5.88. The predicted octanol–water partition coefficient (Wildman–Crippen LogP) is 5.99. The quantitative estimate of drug-likeness (QED) is 0.124. The zero-order chi connectivity index (χ0) is 25.5. The molecule has 1 aromatic carbocycles. The largest absolute Gasteiger partial charge is 0.748 e. The van der Waals surface area contributed by atoms with Gasteiger partial charge in [-0.2, -0.15) is 0 Å². The number of pyridine rings is 1. The summed E-state index contributed by atoms with van der Waals surface area (Å²) in [5, 5.41) is 0. The van der Waals surface area contributed by atoms with Crippen molar-refractivity contribution >= 4 is 27.5 Å². The van der Waals surface area contributed by atoms with Gasteiger partial charge in [0.1, 0.15) is 6.54 Å². The van der Waals surface area contributed by atoms with Crippen molar-refractivity contribution in [1.82, 2.24) is 0 Å². The molecule has 0 radical (unpaired) electrons. The van der Waals surface area contributed by atoms with Crippen LogP contribution >= 0.6 is 0 Å². The van der Waals surface area contributed by atoms with Crippen molar-refractivity contribution in [2.45, 2.75) is 58.9 Å². The van der Waals surface area contributed by atoms with Gasteiger partial charge < -0.3 is 9.45 Å². The van der Waals surface area contributed by atoms with Crippen LogP contribution in [0.25, 0.3) is 11.6 Å². The lowest BCUT2D eigenvalue weighted by molar-refractivity contribution is -0.697. The molecule has 35 heavy (non-hydrogen) atoms. The van der Waals surface area contributed by atoms with Crippen molar-refractivity contribution < 1.29 is 17.5 Å². The highest BCUT2D eigenvalue weighted by Crippen LogP contribution is 2.29. The first-order chi connectivity index (χ1) is 16.9. The van der Waals surface area contributed by atoms with E-state index in [1.807, 2.05) is 35.2 Å². The van der Waals surface area contributed by atoms with Crippen molar-refractivity contribution in [2.24, 2.45) is 0 Å². The summed E-state index contributed by atoms with van der Waals surface area (Å²) in [4.78, 5) is 2.51. The normalized spacial score (nSPS) is 12.3. The number of hydrogen-bond acceptors (Lipinski definition) is 4. The van der Waals surface area contributed by atoms with E-state index in [1.54, 1.807) is 0 Å². The van der Waals surface area contributed by atoms with Gasteiger partial charge in [0.25, 0.3) is 0 Å². The molecular weight excluding hydrogens is 456 g/mol. The van der Waals surface area contributed by atoms with Gasteiger partial charge >= 0.3 is 0 Å². The second-order valence-electron chi connectivity index (χ2n) is 8.73. The Morgan fingerprint density at radius 2 is 1.66 bits per heavy atom. The Morgan fingerprint density at radius 3 is 2.26 bits per heavy atom. The summed E-state index contributed by atoms with van der Waals surface area (Å²) in [6.07, 6.45) is 17.8. The molecule has 0 spiro atoms. The molecule has 0 aliphatic heterocycles. The number of rotatable bonds is 16. The molecule has 2 rings (SSSR count). The maximum absolute atomic E-state index is 10.7. The minimum atomic E-state index is -4.12. The molecule has 0 saturated heterocycles. The summed E-state index contributed by atoms with van der Waals surface area (Å²) in [6.45, 7) is 11.3. The molecule has 0 bridgehead atoms. The Kier molecular flexibility index (Phi) is 12.5. The van der Waals surface area contributed by atoms with Crippen LogP contribution in [0.15, 0.2) is 73.6 Å². The van der Waals surface area contributed by atoms with Gasteiger partial charge in [-0.25, -0.2) is 13.0 Å². The molecule has 0 unspecified atom stereocenters. The molecule has 0 aliphatic rings. The zero-order valence-corrected chi connectivity index (χ0v) is 22.1. The van der Waals surface area contributed by atoms with E-state index in [4.69, 9.17) is 0 Å². The van der Waals surface area contributed by atoms with E-state index in [-0.39, 0.29) is 5.75 Å². The van der Waals surface area contributed by atoms with Gasteiger partial charge in [-0.05, 0) is 36.5 Å². The van der Waals surface area contributed by atoms with E-state index in [2.05, 4.69) is 67.8 Å². The van der Waals surface area contributed by atoms with E-state index < -0.39 is 10.1 Å². The van der Waals surface area contributed by atoms with E-state index in [9.17, 15) is 13.0 Å². The van der Waals surface area contributed by atoms with Crippen LogP contribution in [0.1, 0.15) is 63.5 Å². The van der Waals surface area contributed by atoms with Crippen molar-refractivity contribution in [2.75, 3.05) is 23.7 Å². The molecule has 0 amide bonds. The average Bonchev–Trinajstić information content (AvgIpc) is 2.85. The van der Waals surface area contributed by atoms with Gasteiger partial charge in [0.2, 0.25) is 0 Å². The number of unbranched alkanes of at least 4 members (excludes halogenated alkanes) is 3. The highest BCUT2D eigenvalue weighted by Gasteiger charge is 2.12. The summed E-state index contributed by atoms with van der Waals surface area (Å²) in [5.74, 6) is -0.301. The Hall–Kier alpha value is -2.70. The number of benzene rings is 1. The summed E-state index contributed by atoms with van der Waals surface area (Å²) >= 11 is 0. The first kappa shape index (κ1) is 28.5. The van der Waals surface area contributed by atoms with E-state index >= 15 is 0 Å². The number of aromatic nitrogens is 1. The van der Waals surface area contributed by atoms with E-state index in [0.29, 0.717) is 19.4 Å². The fourth-order valence-electron chi connectivity index (χ4n) is 3.88. The van der Waals surface area contributed by atoms with Crippen molar-refractivity contribution in [3.05, 3.63) is 84.7 Å². The summed E-state index contributed by atoms with van der Waals surface area (Å²) in [7, 11) is -4.12. The maximum Gasteiger partial charge on any atom is 0.169 e. The molecule has 0 saturated carbocycles. The molecule has 0 atom stereocenters. The minimum Gasteiger partial charge on any atom is -0.748 e. The van der Waals surface area contributed by atoms with Gasteiger partial charge in [0.15, 0.2) is 12.4 Å². The van der Waals surface area contributed by atoms with Gasteiger partial charge in [-0.1, -0.05) is 75.8 Å². The lowest BCUT2D eigenvalue weighted by atomic mass is 10.0. The van der Waals surface area contributed by atoms with Crippen LogP contribution < -0.4 is 9.47 Å². The number of anilines is 1. The minimum absolute atomic E-state index is 0.301. The van der Waals surface area contributed by atoms with Crippen LogP contribution in [-0.2, 0) is 16.7 Å². The van der Waals surface area contributed by atoms with Crippen LogP contribution in [-0.4, -0.2) is 31.8 Å². The third-order valence-corrected chi connectivity index (χ3v) is 6.67. The summed E-state index contributed by atoms with van der Waals surface area (Å²) in [6, 6.07) is 12.6. The van der Waals surface area contributed by atoms with Crippen LogP contribution in [0.2, 0.25) is 0 Å². The van der Waals surface area contributed by atoms with Crippen LogP contribution in [0.5, 0.6) is 0 Å². The fourth-order valence-corrected chi connectivity index (χ4v) is 4.43. The molecule has 190 valence electrons. The summed E-state index contributed by atoms with van der Waals surface area (Å²) in [5.41, 5.74) is 4.63. The lowest BCUT2D eigenvalue weighted by Gasteiger charge is -2.27. The number of hydrogen-bond donors (Lipinski definition) is 0. The van der Waals surface area contributed by atoms with Crippen molar-refractivity contribution in [3.63, 3.8) is 0 Å². The van der Waals surface area contributed by atoms with Crippen molar-refractivity contribution in [3.8, 4) is 0 Å². The van der Waals surface area contributed by atoms with Gasteiger partial charge in [-0.3, -0.25) is 0 Å². The molecule has 6 heteroatoms. The Balaban J connectivity index is 2.10. The Morgan fingerprint density at radius 1 is 1.00 bits per heavy atom. The smallest absolute Gasteiger partial charge is 0.169 e. The topological polar surface area (TPSA) is 64.3 Å². The van der Waals surface area contributed by atoms with Crippen molar-refractivity contribution in [1.29, 1.82) is 0 Å². The molecule has 1 aromatic heterocycles. The van der Waals surface area contributed by atoms with E-state index in [0.717, 1.165) is 24.2 Å². The molecule has 5 nitrogen and oxygen atoms in total. The number of aryl methyl sites for hydroxylation is 1. The standard InChI is InChI=1S/C29H40N2O3S/c1-4-7-21-31(22-8-5-2)29-17-10-9-16-28(29)27(6-3)15-13-14-26-18-23-30(24-19-26)20-11-12-25-35(32,33)34/h6,9-10,13-19,23-24H,3-5,7-8,11-12,20-22,25H2,1-2H3. The average molecular weight is 497 g/mol.